The molecule has 2 heterocycles. The second-order valence-corrected chi connectivity index (χ2v) is 11.3. The Morgan fingerprint density at radius 3 is 2.34 bits per heavy atom. The zero-order chi connectivity index (χ0) is 25.9. The summed E-state index contributed by atoms with van der Waals surface area (Å²) in [5, 5.41) is 5.90. The number of carbonyl (C=O) groups excluding carboxylic acids is 3. The topological polar surface area (TPSA) is 97.0 Å². The molecular formula is C27H49N3O5. The van der Waals surface area contributed by atoms with Crippen molar-refractivity contribution in [2.75, 3.05) is 26.2 Å². The molecule has 0 saturated carbocycles. The molecular weight excluding hydrogens is 446 g/mol. The molecule has 8 heteroatoms. The van der Waals surface area contributed by atoms with Crippen molar-refractivity contribution in [1.29, 1.82) is 0 Å². The number of hydrogen-bond donors (Lipinski definition) is 2. The maximum atomic E-state index is 12.8. The van der Waals surface area contributed by atoms with Crippen LogP contribution in [0.25, 0.3) is 0 Å². The average molecular weight is 496 g/mol. The predicted molar refractivity (Wildman–Crippen MR) is 137 cm³/mol. The molecule has 2 unspecified atom stereocenters. The number of likely N-dealkylation sites (tertiary alicyclic amines) is 1. The van der Waals surface area contributed by atoms with E-state index in [1.54, 1.807) is 13.8 Å². The lowest BCUT2D eigenvalue weighted by molar-refractivity contribution is -0.304. The Kier molecular flexibility index (Phi) is 12.0. The molecule has 2 fully saturated rings. The second-order valence-electron chi connectivity index (χ2n) is 11.3. The molecule has 0 aromatic heterocycles. The van der Waals surface area contributed by atoms with Gasteiger partial charge >= 0.3 is 0 Å². The molecule has 35 heavy (non-hydrogen) atoms. The van der Waals surface area contributed by atoms with Crippen LogP contribution in [0.15, 0.2) is 0 Å². The molecule has 3 amide bonds. The molecule has 8 nitrogen and oxygen atoms in total. The fraction of sp³-hybridized carbons (Fsp3) is 0.889. The van der Waals surface area contributed by atoms with Crippen molar-refractivity contribution in [3.8, 4) is 0 Å². The van der Waals surface area contributed by atoms with Gasteiger partial charge in [0, 0.05) is 43.9 Å². The monoisotopic (exact) mass is 495 g/mol. The molecule has 2 rings (SSSR count). The molecule has 0 radical (unpaired) electrons. The van der Waals surface area contributed by atoms with Gasteiger partial charge in [0.05, 0.1) is 6.61 Å². The van der Waals surface area contributed by atoms with Gasteiger partial charge in [-0.2, -0.15) is 0 Å². The number of nitrogens with zero attached hydrogens (tertiary/aromatic N) is 1. The number of amides is 3. The van der Waals surface area contributed by atoms with E-state index in [-0.39, 0.29) is 36.7 Å². The van der Waals surface area contributed by atoms with Gasteiger partial charge in [0.2, 0.25) is 17.7 Å². The Labute approximate surface area is 212 Å². The first kappa shape index (κ1) is 29.6. The molecule has 2 aliphatic heterocycles. The van der Waals surface area contributed by atoms with E-state index in [1.807, 2.05) is 18.7 Å². The number of carbonyl (C=O) groups is 3. The van der Waals surface area contributed by atoms with Gasteiger partial charge in [-0.05, 0) is 33.1 Å². The standard InChI is InChI=1S/C27H49N3O5/c1-6-7-8-9-10-11-12-15-22(31)29-19-21-14-13-18-30(21)23(32)16-17-28-25(33)24-26(2,3)20-34-27(4,5)35-24/h21,24H,6-20H2,1-5H3,(H,28,33)(H,29,31). The fourth-order valence-corrected chi connectivity index (χ4v) is 4.79. The van der Waals surface area contributed by atoms with Gasteiger partial charge in [0.1, 0.15) is 6.10 Å². The largest absolute Gasteiger partial charge is 0.354 e. The van der Waals surface area contributed by atoms with Crippen molar-refractivity contribution < 1.29 is 23.9 Å². The quantitative estimate of drug-likeness (QED) is 0.356. The molecule has 0 spiro atoms. The first-order chi connectivity index (χ1) is 16.6. The highest BCUT2D eigenvalue weighted by atomic mass is 16.7. The van der Waals surface area contributed by atoms with Crippen LogP contribution < -0.4 is 10.6 Å². The van der Waals surface area contributed by atoms with Crippen molar-refractivity contribution in [3.63, 3.8) is 0 Å². The van der Waals surface area contributed by atoms with Crippen molar-refractivity contribution in [3.05, 3.63) is 0 Å². The van der Waals surface area contributed by atoms with Crippen LogP contribution in [0.4, 0.5) is 0 Å². The number of unbranched alkanes of at least 4 members (excludes halogenated alkanes) is 6. The maximum absolute atomic E-state index is 12.8. The zero-order valence-corrected chi connectivity index (χ0v) is 22.7. The lowest BCUT2D eigenvalue weighted by Crippen LogP contribution is -2.56. The van der Waals surface area contributed by atoms with E-state index in [0.717, 1.165) is 25.7 Å². The SMILES string of the molecule is CCCCCCCCCC(=O)NCC1CCCN1C(=O)CCNC(=O)C1OC(C)(C)OCC1(C)C. The van der Waals surface area contributed by atoms with Crippen LogP contribution in [0.5, 0.6) is 0 Å². The molecule has 0 bridgehead atoms. The van der Waals surface area contributed by atoms with Gasteiger partial charge < -0.3 is 25.0 Å². The summed E-state index contributed by atoms with van der Waals surface area (Å²) in [6.07, 6.45) is 10.3. The van der Waals surface area contributed by atoms with E-state index in [1.165, 1.54) is 32.1 Å². The summed E-state index contributed by atoms with van der Waals surface area (Å²) < 4.78 is 11.5. The van der Waals surface area contributed by atoms with Crippen LogP contribution in [0.3, 0.4) is 0 Å². The summed E-state index contributed by atoms with van der Waals surface area (Å²) in [5.41, 5.74) is -0.448. The summed E-state index contributed by atoms with van der Waals surface area (Å²) in [6.45, 7) is 11.6. The first-order valence-corrected chi connectivity index (χ1v) is 13.7. The number of nitrogens with one attached hydrogen (secondary N) is 2. The van der Waals surface area contributed by atoms with Gasteiger partial charge in [-0.3, -0.25) is 14.4 Å². The molecule has 0 aliphatic carbocycles. The van der Waals surface area contributed by atoms with E-state index in [2.05, 4.69) is 17.6 Å². The van der Waals surface area contributed by atoms with Crippen LogP contribution in [-0.4, -0.2) is 66.8 Å². The minimum atomic E-state index is -0.810. The van der Waals surface area contributed by atoms with E-state index in [4.69, 9.17) is 9.47 Å². The lowest BCUT2D eigenvalue weighted by Gasteiger charge is -2.44. The highest BCUT2D eigenvalue weighted by Crippen LogP contribution is 2.34. The number of hydrogen-bond acceptors (Lipinski definition) is 5. The summed E-state index contributed by atoms with van der Waals surface area (Å²) in [5.74, 6) is -0.932. The van der Waals surface area contributed by atoms with Gasteiger partial charge in [-0.1, -0.05) is 59.3 Å². The van der Waals surface area contributed by atoms with Crippen LogP contribution >= 0.6 is 0 Å². The third kappa shape index (κ3) is 10.1. The molecule has 202 valence electrons. The van der Waals surface area contributed by atoms with Crippen molar-refractivity contribution in [1.82, 2.24) is 15.5 Å². The van der Waals surface area contributed by atoms with E-state index in [0.29, 0.717) is 26.1 Å². The highest BCUT2D eigenvalue weighted by Gasteiger charge is 2.45. The third-order valence-corrected chi connectivity index (χ3v) is 7.02. The maximum Gasteiger partial charge on any atom is 0.249 e. The normalized spacial score (nSPS) is 23.2. The molecule has 2 saturated heterocycles. The molecule has 2 aliphatic rings. The Morgan fingerprint density at radius 1 is 0.943 bits per heavy atom. The summed E-state index contributed by atoms with van der Waals surface area (Å²) in [6, 6.07) is 0.0368. The smallest absolute Gasteiger partial charge is 0.249 e. The van der Waals surface area contributed by atoms with Gasteiger partial charge in [0.15, 0.2) is 5.79 Å². The first-order valence-electron chi connectivity index (χ1n) is 13.7. The van der Waals surface area contributed by atoms with Gasteiger partial charge in [0.25, 0.3) is 0 Å². The van der Waals surface area contributed by atoms with Crippen LogP contribution in [0, 0.1) is 5.41 Å². The Bertz CT molecular complexity index is 694. The molecule has 0 aromatic rings. The van der Waals surface area contributed by atoms with Crippen LogP contribution in [-0.2, 0) is 23.9 Å². The predicted octanol–water partition coefficient (Wildman–Crippen LogP) is 3.92. The summed E-state index contributed by atoms with van der Waals surface area (Å²) in [4.78, 5) is 39.7. The molecule has 2 atom stereocenters. The van der Waals surface area contributed by atoms with Crippen molar-refractivity contribution >= 4 is 17.7 Å². The summed E-state index contributed by atoms with van der Waals surface area (Å²) >= 11 is 0. The third-order valence-electron chi connectivity index (χ3n) is 7.02. The molecule has 2 N–H and O–H groups in total. The Balaban J connectivity index is 1.66. The fourth-order valence-electron chi connectivity index (χ4n) is 4.79. The van der Waals surface area contributed by atoms with Gasteiger partial charge in [-0.25, -0.2) is 0 Å². The highest BCUT2D eigenvalue weighted by molar-refractivity contribution is 5.83. The van der Waals surface area contributed by atoms with Crippen LogP contribution in [0.1, 0.15) is 105 Å². The number of ether oxygens (including phenoxy) is 2. The van der Waals surface area contributed by atoms with E-state index in [9.17, 15) is 14.4 Å². The minimum absolute atomic E-state index is 0.0154. The van der Waals surface area contributed by atoms with Crippen LogP contribution in [0.2, 0.25) is 0 Å². The zero-order valence-electron chi connectivity index (χ0n) is 22.7. The average Bonchev–Trinajstić information content (AvgIpc) is 3.27. The minimum Gasteiger partial charge on any atom is -0.354 e. The van der Waals surface area contributed by atoms with Gasteiger partial charge in [-0.15, -0.1) is 0 Å². The Morgan fingerprint density at radius 2 is 1.63 bits per heavy atom. The van der Waals surface area contributed by atoms with Crippen molar-refractivity contribution in [2.24, 2.45) is 5.41 Å². The second kappa shape index (κ2) is 14.2. The number of rotatable bonds is 14. The Hall–Kier alpha value is -1.67. The van der Waals surface area contributed by atoms with Crippen molar-refractivity contribution in [2.45, 2.75) is 123 Å². The van der Waals surface area contributed by atoms with E-state index >= 15 is 0 Å². The lowest BCUT2D eigenvalue weighted by atomic mass is 9.85. The van der Waals surface area contributed by atoms with E-state index < -0.39 is 17.3 Å². The summed E-state index contributed by atoms with van der Waals surface area (Å²) in [7, 11) is 0. The molecule has 0 aromatic carbocycles.